The molecule has 0 fully saturated rings. The van der Waals surface area contributed by atoms with Gasteiger partial charge in [-0.2, -0.15) is 0 Å². The lowest BCUT2D eigenvalue weighted by Crippen LogP contribution is -2.33. The van der Waals surface area contributed by atoms with E-state index in [-0.39, 0.29) is 0 Å². The number of nitrogens with zero attached hydrogens (tertiary/aromatic N) is 2. The number of fused-ring (bicyclic) bond motifs is 1. The lowest BCUT2D eigenvalue weighted by atomic mass is 10.2. The third-order valence-corrected chi connectivity index (χ3v) is 3.66. The van der Waals surface area contributed by atoms with Gasteiger partial charge in [-0.3, -0.25) is 4.98 Å². The molecular formula is C18H22N4O2. The second kappa shape index (κ2) is 8.19. The van der Waals surface area contributed by atoms with Crippen molar-refractivity contribution in [3.05, 3.63) is 53.9 Å². The summed E-state index contributed by atoms with van der Waals surface area (Å²) in [5.74, 6) is 2.00. The summed E-state index contributed by atoms with van der Waals surface area (Å²) in [5, 5.41) is 3.11. The molecule has 0 unspecified atom stereocenters. The van der Waals surface area contributed by atoms with Gasteiger partial charge in [0, 0.05) is 31.3 Å². The molecule has 0 saturated heterocycles. The van der Waals surface area contributed by atoms with E-state index in [1.165, 1.54) is 0 Å². The van der Waals surface area contributed by atoms with E-state index >= 15 is 0 Å². The number of aliphatic imine (C=N–C) groups is 1. The maximum atomic E-state index is 5.91. The zero-order chi connectivity index (χ0) is 16.6. The number of benzene rings is 1. The molecule has 0 spiro atoms. The van der Waals surface area contributed by atoms with Crippen LogP contribution in [0.25, 0.3) is 0 Å². The number of aromatic nitrogens is 1. The smallest absolute Gasteiger partial charge is 0.188 e. The van der Waals surface area contributed by atoms with E-state index in [9.17, 15) is 0 Å². The first-order valence-electron chi connectivity index (χ1n) is 8.13. The zero-order valence-corrected chi connectivity index (χ0v) is 13.6. The van der Waals surface area contributed by atoms with E-state index in [0.29, 0.717) is 32.3 Å². The minimum absolute atomic E-state index is 0.429. The van der Waals surface area contributed by atoms with Crippen LogP contribution in [0.15, 0.2) is 47.6 Å². The number of ether oxygens (including phenoxy) is 2. The van der Waals surface area contributed by atoms with Crippen LogP contribution in [0.3, 0.4) is 0 Å². The van der Waals surface area contributed by atoms with Gasteiger partial charge in [-0.1, -0.05) is 12.1 Å². The van der Waals surface area contributed by atoms with Gasteiger partial charge in [0.2, 0.25) is 0 Å². The van der Waals surface area contributed by atoms with Crippen LogP contribution < -0.4 is 20.5 Å². The highest BCUT2D eigenvalue weighted by molar-refractivity contribution is 5.77. The molecule has 3 rings (SSSR count). The van der Waals surface area contributed by atoms with Gasteiger partial charge < -0.3 is 20.5 Å². The number of rotatable bonds is 5. The molecule has 1 aromatic heterocycles. The predicted molar refractivity (Wildman–Crippen MR) is 93.3 cm³/mol. The summed E-state index contributed by atoms with van der Waals surface area (Å²) in [6, 6.07) is 11.7. The Hall–Kier alpha value is -2.76. The number of nitrogens with two attached hydrogens (primary N) is 1. The topological polar surface area (TPSA) is 81.8 Å². The van der Waals surface area contributed by atoms with Crippen molar-refractivity contribution in [1.82, 2.24) is 10.3 Å². The van der Waals surface area contributed by atoms with E-state index in [1.54, 1.807) is 6.20 Å². The highest BCUT2D eigenvalue weighted by Crippen LogP contribution is 2.30. The molecule has 1 aliphatic heterocycles. The lowest BCUT2D eigenvalue weighted by molar-refractivity contribution is 0.297. The fourth-order valence-corrected chi connectivity index (χ4v) is 2.40. The molecule has 0 aliphatic carbocycles. The summed E-state index contributed by atoms with van der Waals surface area (Å²) >= 11 is 0. The largest absolute Gasteiger partial charge is 0.490 e. The van der Waals surface area contributed by atoms with Crippen molar-refractivity contribution in [3.63, 3.8) is 0 Å². The Kier molecular flexibility index (Phi) is 5.50. The molecule has 1 aromatic carbocycles. The SMILES string of the molecule is NC(=NCc1ccc2c(c1)OCCCO2)NCCc1ccccn1. The molecule has 0 atom stereocenters. The minimum atomic E-state index is 0.429. The highest BCUT2D eigenvalue weighted by Gasteiger charge is 2.10. The number of pyridine rings is 1. The second-order valence-electron chi connectivity index (χ2n) is 5.53. The van der Waals surface area contributed by atoms with Crippen LogP contribution in [0.5, 0.6) is 11.5 Å². The van der Waals surface area contributed by atoms with Crippen molar-refractivity contribution in [2.24, 2.45) is 10.7 Å². The summed E-state index contributed by atoms with van der Waals surface area (Å²) in [4.78, 5) is 8.64. The minimum Gasteiger partial charge on any atom is -0.490 e. The van der Waals surface area contributed by atoms with Gasteiger partial charge in [-0.05, 0) is 29.8 Å². The van der Waals surface area contributed by atoms with Gasteiger partial charge in [0.1, 0.15) is 0 Å². The number of guanidine groups is 1. The van der Waals surface area contributed by atoms with Gasteiger partial charge in [0.15, 0.2) is 17.5 Å². The van der Waals surface area contributed by atoms with Crippen LogP contribution in [0, 0.1) is 0 Å². The Morgan fingerprint density at radius 1 is 1.17 bits per heavy atom. The predicted octanol–water partition coefficient (Wildman–Crippen LogP) is 1.89. The van der Waals surface area contributed by atoms with E-state index in [1.807, 2.05) is 36.4 Å². The molecular weight excluding hydrogens is 304 g/mol. The molecule has 3 N–H and O–H groups in total. The molecule has 2 aromatic rings. The Morgan fingerprint density at radius 2 is 2.04 bits per heavy atom. The molecule has 0 saturated carbocycles. The molecule has 2 heterocycles. The summed E-state index contributed by atoms with van der Waals surface area (Å²) < 4.78 is 11.3. The molecule has 24 heavy (non-hydrogen) atoms. The van der Waals surface area contributed by atoms with Crippen molar-refractivity contribution in [1.29, 1.82) is 0 Å². The van der Waals surface area contributed by atoms with E-state index in [4.69, 9.17) is 15.2 Å². The van der Waals surface area contributed by atoms with Gasteiger partial charge in [-0.15, -0.1) is 0 Å². The molecule has 126 valence electrons. The van der Waals surface area contributed by atoms with Crippen molar-refractivity contribution in [2.75, 3.05) is 19.8 Å². The van der Waals surface area contributed by atoms with E-state index < -0.39 is 0 Å². The fourth-order valence-electron chi connectivity index (χ4n) is 2.40. The average Bonchev–Trinajstić information content (AvgIpc) is 2.86. The van der Waals surface area contributed by atoms with Crippen LogP contribution in [0.1, 0.15) is 17.7 Å². The number of hydrogen-bond acceptors (Lipinski definition) is 4. The summed E-state index contributed by atoms with van der Waals surface area (Å²) in [7, 11) is 0. The molecule has 0 radical (unpaired) electrons. The maximum Gasteiger partial charge on any atom is 0.188 e. The average molecular weight is 326 g/mol. The second-order valence-corrected chi connectivity index (χ2v) is 5.53. The zero-order valence-electron chi connectivity index (χ0n) is 13.6. The molecule has 0 bridgehead atoms. The van der Waals surface area contributed by atoms with Gasteiger partial charge in [0.25, 0.3) is 0 Å². The van der Waals surface area contributed by atoms with Crippen LogP contribution >= 0.6 is 0 Å². The Labute approximate surface area is 141 Å². The monoisotopic (exact) mass is 326 g/mol. The third-order valence-electron chi connectivity index (χ3n) is 3.66. The first-order chi connectivity index (χ1) is 11.8. The molecule has 6 nitrogen and oxygen atoms in total. The van der Waals surface area contributed by atoms with Crippen molar-refractivity contribution < 1.29 is 9.47 Å². The quantitative estimate of drug-likeness (QED) is 0.648. The van der Waals surface area contributed by atoms with Crippen LogP contribution in [0.4, 0.5) is 0 Å². The summed E-state index contributed by atoms with van der Waals surface area (Å²) in [5.41, 5.74) is 7.98. The summed E-state index contributed by atoms with van der Waals surface area (Å²) in [6.07, 6.45) is 3.49. The van der Waals surface area contributed by atoms with E-state index in [0.717, 1.165) is 35.6 Å². The van der Waals surface area contributed by atoms with Crippen LogP contribution in [-0.2, 0) is 13.0 Å². The van der Waals surface area contributed by atoms with Crippen molar-refractivity contribution in [3.8, 4) is 11.5 Å². The normalized spacial score (nSPS) is 14.1. The first-order valence-corrected chi connectivity index (χ1v) is 8.13. The van der Waals surface area contributed by atoms with Gasteiger partial charge in [-0.25, -0.2) is 4.99 Å². The molecule has 0 amide bonds. The maximum absolute atomic E-state index is 5.91. The standard InChI is InChI=1S/C18H22N4O2/c19-18(21-9-7-15-4-1-2-8-20-15)22-13-14-5-6-16-17(12-14)24-11-3-10-23-16/h1-2,4-6,8,12H,3,7,9-11,13H2,(H3,19,21,22). The van der Waals surface area contributed by atoms with E-state index in [2.05, 4.69) is 15.3 Å². The third kappa shape index (κ3) is 4.62. The fraction of sp³-hybridized carbons (Fsp3) is 0.333. The number of nitrogens with one attached hydrogen (secondary N) is 1. The molecule has 1 aliphatic rings. The number of hydrogen-bond donors (Lipinski definition) is 2. The highest BCUT2D eigenvalue weighted by atomic mass is 16.5. The first kappa shape index (κ1) is 16.1. The van der Waals surface area contributed by atoms with Gasteiger partial charge >= 0.3 is 0 Å². The summed E-state index contributed by atoms with van der Waals surface area (Å²) in [6.45, 7) is 2.57. The molecule has 6 heteroatoms. The Morgan fingerprint density at radius 3 is 2.88 bits per heavy atom. The van der Waals surface area contributed by atoms with Crippen molar-refractivity contribution >= 4 is 5.96 Å². The van der Waals surface area contributed by atoms with Crippen LogP contribution in [0.2, 0.25) is 0 Å². The lowest BCUT2D eigenvalue weighted by Gasteiger charge is -2.09. The Bertz CT molecular complexity index is 689. The van der Waals surface area contributed by atoms with Crippen molar-refractivity contribution in [2.45, 2.75) is 19.4 Å². The Balaban J connectivity index is 1.50. The van der Waals surface area contributed by atoms with Crippen LogP contribution in [-0.4, -0.2) is 30.7 Å². The van der Waals surface area contributed by atoms with Gasteiger partial charge in [0.05, 0.1) is 19.8 Å².